The van der Waals surface area contributed by atoms with Crippen LogP contribution in [0.15, 0.2) is 22.7 Å². The van der Waals surface area contributed by atoms with Gasteiger partial charge in [-0.15, -0.1) is 0 Å². The molecule has 0 saturated carbocycles. The van der Waals surface area contributed by atoms with E-state index in [0.29, 0.717) is 0 Å². The van der Waals surface area contributed by atoms with Gasteiger partial charge in [0.2, 0.25) is 0 Å². The zero-order chi connectivity index (χ0) is 10.8. The van der Waals surface area contributed by atoms with E-state index in [0.717, 1.165) is 16.5 Å². The fourth-order valence-electron chi connectivity index (χ4n) is 1.31. The third-order valence-electron chi connectivity index (χ3n) is 2.25. The summed E-state index contributed by atoms with van der Waals surface area (Å²) in [7, 11) is 1.91. The molecule has 3 heteroatoms. The molecule has 1 aromatic carbocycles. The third kappa shape index (κ3) is 3.39. The maximum absolute atomic E-state index is 13.1. The van der Waals surface area contributed by atoms with E-state index in [1.165, 1.54) is 6.07 Å². The summed E-state index contributed by atoms with van der Waals surface area (Å²) in [4.78, 5) is 0. The van der Waals surface area contributed by atoms with Gasteiger partial charge in [-0.25, -0.2) is 4.39 Å². The largest absolute Gasteiger partial charge is 0.314 e. The molecule has 78 valence electrons. The molecule has 0 aromatic heterocycles. The Morgan fingerprint density at radius 1 is 1.36 bits per heavy atom. The van der Waals surface area contributed by atoms with Crippen LogP contribution in [0.2, 0.25) is 0 Å². The van der Waals surface area contributed by atoms with Crippen LogP contribution in [-0.4, -0.2) is 12.6 Å². The molecular weight excluding hydrogens is 245 g/mol. The van der Waals surface area contributed by atoms with Gasteiger partial charge in [-0.2, -0.15) is 0 Å². The summed E-state index contributed by atoms with van der Waals surface area (Å²) in [6.07, 6.45) is 0.805. The molecule has 0 aliphatic heterocycles. The van der Waals surface area contributed by atoms with Crippen molar-refractivity contribution in [2.24, 2.45) is 0 Å². The van der Waals surface area contributed by atoms with Crippen LogP contribution in [0.4, 0.5) is 4.39 Å². The van der Waals surface area contributed by atoms with Crippen LogP contribution in [0.1, 0.15) is 19.4 Å². The highest BCUT2D eigenvalue weighted by molar-refractivity contribution is 9.10. The van der Waals surface area contributed by atoms with Crippen molar-refractivity contribution in [1.82, 2.24) is 5.32 Å². The fraction of sp³-hybridized carbons (Fsp3) is 0.455. The Morgan fingerprint density at radius 2 is 2.00 bits per heavy atom. The van der Waals surface area contributed by atoms with Crippen molar-refractivity contribution < 1.29 is 4.39 Å². The minimum Gasteiger partial charge on any atom is -0.314 e. The monoisotopic (exact) mass is 259 g/mol. The van der Waals surface area contributed by atoms with Crippen molar-refractivity contribution in [3.8, 4) is 0 Å². The van der Waals surface area contributed by atoms with Crippen LogP contribution in [0, 0.1) is 5.82 Å². The lowest BCUT2D eigenvalue weighted by atomic mass is 9.95. The molecule has 0 aliphatic carbocycles. The minimum atomic E-state index is -0.193. The van der Waals surface area contributed by atoms with E-state index in [9.17, 15) is 4.39 Å². The predicted molar refractivity (Wildman–Crippen MR) is 60.9 cm³/mol. The summed E-state index contributed by atoms with van der Waals surface area (Å²) < 4.78 is 13.8. The van der Waals surface area contributed by atoms with Gasteiger partial charge in [0.1, 0.15) is 5.82 Å². The van der Waals surface area contributed by atoms with E-state index in [-0.39, 0.29) is 11.4 Å². The first-order chi connectivity index (χ1) is 6.43. The predicted octanol–water partition coefficient (Wildman–Crippen LogP) is 3.13. The highest BCUT2D eigenvalue weighted by Crippen LogP contribution is 2.18. The number of likely N-dealkylation sites (N-methyl/N-ethyl adjacent to an activating group) is 1. The Labute approximate surface area is 92.8 Å². The van der Waals surface area contributed by atoms with Gasteiger partial charge in [0.25, 0.3) is 0 Å². The van der Waals surface area contributed by atoms with Crippen molar-refractivity contribution in [2.45, 2.75) is 25.8 Å². The molecule has 1 rings (SSSR count). The van der Waals surface area contributed by atoms with Gasteiger partial charge >= 0.3 is 0 Å². The first kappa shape index (κ1) is 11.7. The second-order valence-corrected chi connectivity index (χ2v) is 5.00. The molecule has 0 unspecified atom stereocenters. The van der Waals surface area contributed by atoms with Gasteiger partial charge in [0.15, 0.2) is 0 Å². The molecule has 0 fully saturated rings. The maximum atomic E-state index is 13.1. The van der Waals surface area contributed by atoms with Crippen LogP contribution >= 0.6 is 15.9 Å². The zero-order valence-corrected chi connectivity index (χ0v) is 10.3. The number of nitrogens with one attached hydrogen (secondary N) is 1. The Morgan fingerprint density at radius 3 is 2.50 bits per heavy atom. The highest BCUT2D eigenvalue weighted by Gasteiger charge is 2.15. The van der Waals surface area contributed by atoms with Crippen LogP contribution in [0.5, 0.6) is 0 Å². The lowest BCUT2D eigenvalue weighted by Crippen LogP contribution is -2.38. The van der Waals surface area contributed by atoms with Crippen LogP contribution in [0.3, 0.4) is 0 Å². The van der Waals surface area contributed by atoms with Crippen molar-refractivity contribution >= 4 is 15.9 Å². The molecule has 1 nitrogen and oxygen atoms in total. The summed E-state index contributed by atoms with van der Waals surface area (Å²) in [6.45, 7) is 4.18. The maximum Gasteiger partial charge on any atom is 0.124 e. The molecule has 1 aromatic rings. The average molecular weight is 260 g/mol. The normalized spacial score (nSPS) is 11.8. The number of rotatable bonds is 3. The molecule has 0 heterocycles. The van der Waals surface area contributed by atoms with Crippen LogP contribution in [-0.2, 0) is 6.42 Å². The molecule has 0 saturated heterocycles. The molecule has 0 aliphatic rings. The average Bonchev–Trinajstić information content (AvgIpc) is 2.01. The van der Waals surface area contributed by atoms with E-state index in [1.807, 2.05) is 13.1 Å². The summed E-state index contributed by atoms with van der Waals surface area (Å²) in [6, 6.07) is 4.99. The summed E-state index contributed by atoms with van der Waals surface area (Å²) in [5.74, 6) is -0.193. The molecule has 0 amide bonds. The lowest BCUT2D eigenvalue weighted by Gasteiger charge is -2.24. The molecule has 0 atom stereocenters. The topological polar surface area (TPSA) is 12.0 Å². The van der Waals surface area contributed by atoms with Crippen LogP contribution < -0.4 is 5.32 Å². The smallest absolute Gasteiger partial charge is 0.124 e. The van der Waals surface area contributed by atoms with Gasteiger partial charge in [0, 0.05) is 10.0 Å². The Bertz CT molecular complexity index is 303. The minimum absolute atomic E-state index is 0.00671. The van der Waals surface area contributed by atoms with Crippen molar-refractivity contribution in [3.63, 3.8) is 0 Å². The second-order valence-electron chi connectivity index (χ2n) is 4.09. The van der Waals surface area contributed by atoms with E-state index in [2.05, 4.69) is 35.1 Å². The molecule has 14 heavy (non-hydrogen) atoms. The first-order valence-corrected chi connectivity index (χ1v) is 5.36. The van der Waals surface area contributed by atoms with Crippen molar-refractivity contribution in [3.05, 3.63) is 34.1 Å². The van der Waals surface area contributed by atoms with Gasteiger partial charge < -0.3 is 5.32 Å². The first-order valence-electron chi connectivity index (χ1n) is 4.57. The van der Waals surface area contributed by atoms with Crippen molar-refractivity contribution in [2.75, 3.05) is 7.05 Å². The molecular formula is C11H15BrFN. The summed E-state index contributed by atoms with van der Waals surface area (Å²) >= 11 is 3.28. The molecule has 1 N–H and O–H groups in total. The number of benzene rings is 1. The number of hydrogen-bond donors (Lipinski definition) is 1. The SMILES string of the molecule is CNC(C)(C)Cc1cc(F)cc(Br)c1. The third-order valence-corrected chi connectivity index (χ3v) is 2.70. The highest BCUT2D eigenvalue weighted by atomic mass is 79.9. The van der Waals surface area contributed by atoms with E-state index in [4.69, 9.17) is 0 Å². The van der Waals surface area contributed by atoms with E-state index >= 15 is 0 Å². The van der Waals surface area contributed by atoms with Crippen molar-refractivity contribution in [1.29, 1.82) is 0 Å². The van der Waals surface area contributed by atoms with Gasteiger partial charge in [-0.05, 0) is 51.1 Å². The van der Waals surface area contributed by atoms with E-state index < -0.39 is 0 Å². The number of halogens is 2. The molecule has 0 spiro atoms. The number of hydrogen-bond acceptors (Lipinski definition) is 1. The fourth-order valence-corrected chi connectivity index (χ4v) is 1.82. The van der Waals surface area contributed by atoms with Gasteiger partial charge in [-0.3, -0.25) is 0 Å². The van der Waals surface area contributed by atoms with Gasteiger partial charge in [0.05, 0.1) is 0 Å². The lowest BCUT2D eigenvalue weighted by molar-refractivity contribution is 0.421. The summed E-state index contributed by atoms with van der Waals surface area (Å²) in [5.41, 5.74) is 0.990. The summed E-state index contributed by atoms with van der Waals surface area (Å²) in [5, 5.41) is 3.19. The second kappa shape index (κ2) is 4.41. The Kier molecular flexibility index (Phi) is 3.67. The van der Waals surface area contributed by atoms with Gasteiger partial charge in [-0.1, -0.05) is 15.9 Å². The zero-order valence-electron chi connectivity index (χ0n) is 8.70. The molecule has 0 radical (unpaired) electrons. The Hall–Kier alpha value is -0.410. The van der Waals surface area contributed by atoms with Crippen LogP contribution in [0.25, 0.3) is 0 Å². The van der Waals surface area contributed by atoms with E-state index in [1.54, 1.807) is 6.07 Å². The quantitative estimate of drug-likeness (QED) is 0.880. The standard InChI is InChI=1S/C11H15BrFN/c1-11(2,14-3)7-8-4-9(12)6-10(13)5-8/h4-6,14H,7H2,1-3H3. The Balaban J connectivity index is 2.87. The molecule has 0 bridgehead atoms.